The second kappa shape index (κ2) is 6.76. The number of carbonyl (C=O) groups excluding carboxylic acids is 1. The van der Waals surface area contributed by atoms with Crippen LogP contribution in [0.3, 0.4) is 0 Å². The highest BCUT2D eigenvalue weighted by Gasteiger charge is 2.22. The number of nitrogens with one attached hydrogen (secondary N) is 2. The first kappa shape index (κ1) is 16.5. The number of aromatic amines is 1. The van der Waals surface area contributed by atoms with E-state index in [1.54, 1.807) is 18.2 Å². The van der Waals surface area contributed by atoms with Gasteiger partial charge in [0.05, 0.1) is 12.2 Å². The molecular formula is C19H21N5O2. The van der Waals surface area contributed by atoms with Crippen molar-refractivity contribution < 1.29 is 9.53 Å². The number of ether oxygens (including phenoxy) is 1. The van der Waals surface area contributed by atoms with Crippen molar-refractivity contribution in [3.05, 3.63) is 48.0 Å². The maximum absolute atomic E-state index is 12.5. The molecule has 4 rings (SSSR count). The molecule has 2 N–H and O–H groups in total. The highest BCUT2D eigenvalue weighted by Crippen LogP contribution is 2.23. The molecule has 1 aliphatic heterocycles. The fourth-order valence-electron chi connectivity index (χ4n) is 3.33. The molecule has 0 bridgehead atoms. The van der Waals surface area contributed by atoms with Gasteiger partial charge in [0.2, 0.25) is 0 Å². The average Bonchev–Trinajstić information content (AvgIpc) is 3.09. The third-order valence-corrected chi connectivity index (χ3v) is 4.49. The van der Waals surface area contributed by atoms with Crippen LogP contribution in [0, 0.1) is 0 Å². The van der Waals surface area contributed by atoms with Gasteiger partial charge < -0.3 is 15.0 Å². The molecule has 2 atom stereocenters. The van der Waals surface area contributed by atoms with Crippen LogP contribution in [0.4, 0.5) is 11.4 Å². The van der Waals surface area contributed by atoms with E-state index in [9.17, 15) is 4.79 Å². The molecule has 0 saturated carbocycles. The minimum atomic E-state index is -0.170. The van der Waals surface area contributed by atoms with E-state index in [4.69, 9.17) is 4.74 Å². The summed E-state index contributed by atoms with van der Waals surface area (Å²) in [7, 11) is 0. The van der Waals surface area contributed by atoms with Crippen LogP contribution in [-0.4, -0.2) is 46.6 Å². The molecule has 7 nitrogen and oxygen atoms in total. The van der Waals surface area contributed by atoms with Crippen molar-refractivity contribution in [1.82, 2.24) is 15.4 Å². The number of amides is 1. The lowest BCUT2D eigenvalue weighted by Crippen LogP contribution is -2.45. The number of nitrogens with zero attached hydrogens (tertiary/aromatic N) is 3. The summed E-state index contributed by atoms with van der Waals surface area (Å²) in [6.07, 6.45) is 0.425. The standard InChI is InChI=1S/C19H21N5O2/c1-12-10-24(11-13(2)26-12)16-6-4-15(5-7-16)20-19(25)14-3-8-17-18(9-14)22-23-21-17/h3-9,12-13H,10-11H2,1-2H3,(H,20,25)(H,21,22,23)/t12-,13+. The lowest BCUT2D eigenvalue weighted by Gasteiger charge is -2.36. The largest absolute Gasteiger partial charge is 0.372 e. The van der Waals surface area contributed by atoms with E-state index in [0.29, 0.717) is 11.1 Å². The van der Waals surface area contributed by atoms with Gasteiger partial charge in [-0.15, -0.1) is 0 Å². The van der Waals surface area contributed by atoms with Crippen molar-refractivity contribution in [1.29, 1.82) is 0 Å². The normalized spacial score (nSPS) is 20.3. The van der Waals surface area contributed by atoms with Crippen molar-refractivity contribution in [2.24, 2.45) is 0 Å². The van der Waals surface area contributed by atoms with Crippen LogP contribution in [0.25, 0.3) is 11.0 Å². The first-order valence-corrected chi connectivity index (χ1v) is 8.71. The molecule has 0 unspecified atom stereocenters. The predicted molar refractivity (Wildman–Crippen MR) is 101 cm³/mol. The number of aromatic nitrogens is 3. The second-order valence-electron chi connectivity index (χ2n) is 6.69. The van der Waals surface area contributed by atoms with Gasteiger partial charge in [0.25, 0.3) is 5.91 Å². The Kier molecular flexibility index (Phi) is 4.30. The zero-order chi connectivity index (χ0) is 18.1. The summed E-state index contributed by atoms with van der Waals surface area (Å²) in [5.74, 6) is -0.170. The fraction of sp³-hybridized carbons (Fsp3) is 0.316. The molecule has 1 saturated heterocycles. The molecule has 0 radical (unpaired) electrons. The van der Waals surface area contributed by atoms with Gasteiger partial charge in [0.15, 0.2) is 0 Å². The topological polar surface area (TPSA) is 83.1 Å². The van der Waals surface area contributed by atoms with Gasteiger partial charge in [-0.05, 0) is 56.3 Å². The fourth-order valence-corrected chi connectivity index (χ4v) is 3.33. The van der Waals surface area contributed by atoms with Gasteiger partial charge in [0, 0.05) is 30.0 Å². The number of H-pyrrole nitrogens is 1. The van der Waals surface area contributed by atoms with E-state index < -0.39 is 0 Å². The minimum Gasteiger partial charge on any atom is -0.372 e. The van der Waals surface area contributed by atoms with Crippen molar-refractivity contribution >= 4 is 28.3 Å². The highest BCUT2D eigenvalue weighted by molar-refractivity contribution is 6.05. The summed E-state index contributed by atoms with van der Waals surface area (Å²) in [5.41, 5.74) is 3.84. The summed E-state index contributed by atoms with van der Waals surface area (Å²) >= 11 is 0. The molecule has 0 aliphatic carbocycles. The van der Waals surface area contributed by atoms with Gasteiger partial charge in [-0.2, -0.15) is 15.4 Å². The Morgan fingerprint density at radius 2 is 1.77 bits per heavy atom. The van der Waals surface area contributed by atoms with Crippen LogP contribution in [-0.2, 0) is 4.74 Å². The van der Waals surface area contributed by atoms with Crippen LogP contribution in [0.5, 0.6) is 0 Å². The van der Waals surface area contributed by atoms with Crippen molar-refractivity contribution in [3.63, 3.8) is 0 Å². The van der Waals surface area contributed by atoms with E-state index in [0.717, 1.165) is 30.0 Å². The lowest BCUT2D eigenvalue weighted by molar-refractivity contribution is -0.00521. The van der Waals surface area contributed by atoms with Crippen molar-refractivity contribution in [3.8, 4) is 0 Å². The summed E-state index contributed by atoms with van der Waals surface area (Å²) in [6, 6.07) is 13.1. The zero-order valence-corrected chi connectivity index (χ0v) is 14.8. The molecule has 2 heterocycles. The molecule has 7 heteroatoms. The van der Waals surface area contributed by atoms with E-state index in [-0.39, 0.29) is 18.1 Å². The Balaban J connectivity index is 1.45. The Hall–Kier alpha value is -2.93. The number of rotatable bonds is 3. The Morgan fingerprint density at radius 1 is 1.08 bits per heavy atom. The van der Waals surface area contributed by atoms with E-state index in [1.807, 2.05) is 24.3 Å². The molecule has 0 spiro atoms. The van der Waals surface area contributed by atoms with Gasteiger partial charge >= 0.3 is 0 Å². The smallest absolute Gasteiger partial charge is 0.255 e. The summed E-state index contributed by atoms with van der Waals surface area (Å²) in [4.78, 5) is 14.8. The minimum absolute atomic E-state index is 0.170. The van der Waals surface area contributed by atoms with Gasteiger partial charge in [-0.1, -0.05) is 0 Å². The first-order chi connectivity index (χ1) is 12.6. The molecule has 1 amide bonds. The zero-order valence-electron chi connectivity index (χ0n) is 14.8. The van der Waals surface area contributed by atoms with Gasteiger partial charge in [0.1, 0.15) is 11.0 Å². The van der Waals surface area contributed by atoms with Crippen LogP contribution >= 0.6 is 0 Å². The number of benzene rings is 2. The summed E-state index contributed by atoms with van der Waals surface area (Å²) in [6.45, 7) is 5.91. The molecule has 1 fully saturated rings. The number of hydrogen-bond donors (Lipinski definition) is 2. The number of carbonyl (C=O) groups is 1. The Morgan fingerprint density at radius 3 is 2.50 bits per heavy atom. The monoisotopic (exact) mass is 351 g/mol. The second-order valence-corrected chi connectivity index (χ2v) is 6.69. The van der Waals surface area contributed by atoms with Gasteiger partial charge in [-0.3, -0.25) is 4.79 Å². The SMILES string of the molecule is C[C@@H]1CN(c2ccc(NC(=O)c3ccc4n[nH]nc4c3)cc2)C[C@H](C)O1. The molecular weight excluding hydrogens is 330 g/mol. The number of morpholine rings is 1. The molecule has 1 aliphatic rings. The third kappa shape index (κ3) is 3.39. The third-order valence-electron chi connectivity index (χ3n) is 4.49. The molecule has 2 aromatic carbocycles. The highest BCUT2D eigenvalue weighted by atomic mass is 16.5. The first-order valence-electron chi connectivity index (χ1n) is 8.71. The van der Waals surface area contributed by atoms with Crippen LogP contribution in [0.2, 0.25) is 0 Å². The summed E-state index contributed by atoms with van der Waals surface area (Å²) < 4.78 is 5.78. The van der Waals surface area contributed by atoms with Crippen LogP contribution in [0.1, 0.15) is 24.2 Å². The van der Waals surface area contributed by atoms with Crippen molar-refractivity contribution in [2.75, 3.05) is 23.3 Å². The quantitative estimate of drug-likeness (QED) is 0.758. The van der Waals surface area contributed by atoms with E-state index >= 15 is 0 Å². The van der Waals surface area contributed by atoms with E-state index in [1.165, 1.54) is 0 Å². The number of fused-ring (bicyclic) bond motifs is 1. The summed E-state index contributed by atoms with van der Waals surface area (Å²) in [5, 5.41) is 13.5. The van der Waals surface area contributed by atoms with Crippen LogP contribution in [0.15, 0.2) is 42.5 Å². The Bertz CT molecular complexity index is 911. The molecule has 26 heavy (non-hydrogen) atoms. The van der Waals surface area contributed by atoms with E-state index in [2.05, 4.69) is 39.5 Å². The predicted octanol–water partition coefficient (Wildman–Crippen LogP) is 2.82. The molecule has 1 aromatic heterocycles. The van der Waals surface area contributed by atoms with Gasteiger partial charge in [-0.25, -0.2) is 0 Å². The maximum atomic E-state index is 12.5. The maximum Gasteiger partial charge on any atom is 0.255 e. The molecule has 3 aromatic rings. The Labute approximate surface area is 151 Å². The van der Waals surface area contributed by atoms with Crippen LogP contribution < -0.4 is 10.2 Å². The molecule has 134 valence electrons. The number of hydrogen-bond acceptors (Lipinski definition) is 5. The number of anilines is 2. The van der Waals surface area contributed by atoms with Crippen molar-refractivity contribution in [2.45, 2.75) is 26.1 Å². The lowest BCUT2D eigenvalue weighted by atomic mass is 10.1. The average molecular weight is 351 g/mol.